The molecule has 0 atom stereocenters. The van der Waals surface area contributed by atoms with E-state index >= 15 is 0 Å². The Morgan fingerprint density at radius 3 is 1.40 bits per heavy atom. The van der Waals surface area contributed by atoms with Gasteiger partial charge in [-0.15, -0.1) is 0 Å². The summed E-state index contributed by atoms with van der Waals surface area (Å²) >= 11 is 0. The number of methoxy groups -OCH3 is 2. The fourth-order valence-electron chi connectivity index (χ4n) is 2.79. The molecule has 0 radical (unpaired) electrons. The zero-order valence-corrected chi connectivity index (χ0v) is 16.9. The van der Waals surface area contributed by atoms with Crippen LogP contribution in [0, 0.1) is 0 Å². The topological polar surface area (TPSA) is 52.6 Å². The summed E-state index contributed by atoms with van der Waals surface area (Å²) in [6.45, 7) is 0. The van der Waals surface area contributed by atoms with Gasteiger partial charge in [0.1, 0.15) is 11.5 Å². The van der Waals surface area contributed by atoms with Crippen LogP contribution in [-0.2, 0) is 0 Å². The molecule has 4 nitrogen and oxygen atoms in total. The summed E-state index contributed by atoms with van der Waals surface area (Å²) in [5.74, 6) is 1.18. The summed E-state index contributed by atoms with van der Waals surface area (Å²) in [5, 5.41) is 0. The predicted octanol–water partition coefficient (Wildman–Crippen LogP) is 5.50. The van der Waals surface area contributed by atoms with Gasteiger partial charge in [0.05, 0.1) is 14.2 Å². The molecular weight excluding hydrogens is 376 g/mol. The smallest absolute Gasteiger partial charge is 0.185 e. The molecule has 0 fully saturated rings. The average Bonchev–Trinajstić information content (AvgIpc) is 2.81. The Hall–Kier alpha value is -3.92. The molecule has 0 aliphatic carbocycles. The van der Waals surface area contributed by atoms with Gasteiger partial charge in [0, 0.05) is 11.1 Å². The first-order valence-corrected chi connectivity index (χ1v) is 9.42. The van der Waals surface area contributed by atoms with Crippen molar-refractivity contribution in [3.8, 4) is 11.5 Å². The normalized spacial score (nSPS) is 11.0. The number of benzene rings is 3. The molecule has 0 saturated heterocycles. The molecule has 4 heteroatoms. The van der Waals surface area contributed by atoms with Crippen molar-refractivity contribution in [2.75, 3.05) is 14.2 Å². The van der Waals surface area contributed by atoms with Crippen LogP contribution >= 0.6 is 0 Å². The van der Waals surface area contributed by atoms with Crippen molar-refractivity contribution in [3.63, 3.8) is 0 Å². The molecule has 0 amide bonds. The molecule has 0 aromatic heterocycles. The molecule has 3 rings (SSSR count). The second kappa shape index (κ2) is 10.0. The van der Waals surface area contributed by atoms with Crippen LogP contribution in [0.5, 0.6) is 11.5 Å². The van der Waals surface area contributed by atoms with E-state index in [9.17, 15) is 9.59 Å². The Morgan fingerprint density at radius 2 is 1.03 bits per heavy atom. The summed E-state index contributed by atoms with van der Waals surface area (Å²) in [4.78, 5) is 25.0. The molecule has 30 heavy (non-hydrogen) atoms. The third-order valence-corrected chi connectivity index (χ3v) is 4.52. The Morgan fingerprint density at radius 1 is 0.633 bits per heavy atom. The molecule has 0 aliphatic rings. The average molecular weight is 398 g/mol. The van der Waals surface area contributed by atoms with Gasteiger partial charge in [0.25, 0.3) is 0 Å². The highest BCUT2D eigenvalue weighted by molar-refractivity contribution is 6.11. The lowest BCUT2D eigenvalue weighted by Crippen LogP contribution is -1.99. The Labute approximate surface area is 176 Å². The highest BCUT2D eigenvalue weighted by atomic mass is 16.5. The van der Waals surface area contributed by atoms with Gasteiger partial charge >= 0.3 is 0 Å². The molecule has 0 N–H and O–H groups in total. The van der Waals surface area contributed by atoms with E-state index in [1.54, 1.807) is 50.6 Å². The second-order valence-electron chi connectivity index (χ2n) is 6.52. The molecule has 150 valence electrons. The van der Waals surface area contributed by atoms with E-state index in [1.165, 1.54) is 12.2 Å². The van der Waals surface area contributed by atoms with E-state index in [1.807, 2.05) is 48.5 Å². The number of ether oxygens (including phenoxy) is 2. The summed E-state index contributed by atoms with van der Waals surface area (Å²) < 4.78 is 10.2. The van der Waals surface area contributed by atoms with Gasteiger partial charge in [-0.3, -0.25) is 9.59 Å². The third kappa shape index (κ3) is 5.55. The predicted molar refractivity (Wildman–Crippen MR) is 119 cm³/mol. The van der Waals surface area contributed by atoms with E-state index in [2.05, 4.69) is 0 Å². The fraction of sp³-hybridized carbons (Fsp3) is 0.0769. The molecular formula is C26H22O4. The second-order valence-corrected chi connectivity index (χ2v) is 6.52. The molecule has 0 unspecified atom stereocenters. The lowest BCUT2D eigenvalue weighted by molar-refractivity contribution is 0.104. The number of rotatable bonds is 8. The first kappa shape index (κ1) is 20.8. The lowest BCUT2D eigenvalue weighted by Gasteiger charge is -2.01. The number of carbonyl (C=O) groups excluding carboxylic acids is 2. The minimum atomic E-state index is -0.167. The van der Waals surface area contributed by atoms with Gasteiger partial charge in [-0.25, -0.2) is 0 Å². The quantitative estimate of drug-likeness (QED) is 0.372. The number of hydrogen-bond acceptors (Lipinski definition) is 4. The molecule has 3 aromatic carbocycles. The Bertz CT molecular complexity index is 990. The maximum atomic E-state index is 12.5. The third-order valence-electron chi connectivity index (χ3n) is 4.52. The van der Waals surface area contributed by atoms with Crippen molar-refractivity contribution in [1.82, 2.24) is 0 Å². The van der Waals surface area contributed by atoms with Gasteiger partial charge < -0.3 is 9.47 Å². The zero-order chi connectivity index (χ0) is 21.3. The Balaban J connectivity index is 1.69. The van der Waals surface area contributed by atoms with Gasteiger partial charge in [0.15, 0.2) is 11.6 Å². The van der Waals surface area contributed by atoms with Gasteiger partial charge in [0.2, 0.25) is 0 Å². The number of carbonyl (C=O) groups is 2. The zero-order valence-electron chi connectivity index (χ0n) is 16.9. The van der Waals surface area contributed by atoms with Gasteiger partial charge in [-0.1, -0.05) is 54.6 Å². The molecule has 0 heterocycles. The minimum Gasteiger partial charge on any atom is -0.497 e. The lowest BCUT2D eigenvalue weighted by atomic mass is 10.0. The SMILES string of the molecule is COc1ccc(/C=C\C(=O)c2cccc(C(=O)/C=C\c3ccc(OC)cc3)c2)cc1. The van der Waals surface area contributed by atoms with Gasteiger partial charge in [-0.2, -0.15) is 0 Å². The van der Waals surface area contributed by atoms with Crippen molar-refractivity contribution in [1.29, 1.82) is 0 Å². The van der Waals surface area contributed by atoms with Crippen molar-refractivity contribution in [2.24, 2.45) is 0 Å². The van der Waals surface area contributed by atoms with Crippen LogP contribution in [0.1, 0.15) is 31.8 Å². The van der Waals surface area contributed by atoms with Crippen LogP contribution in [0.2, 0.25) is 0 Å². The molecule has 0 bridgehead atoms. The summed E-state index contributed by atoms with van der Waals surface area (Å²) in [5.41, 5.74) is 2.70. The summed E-state index contributed by atoms with van der Waals surface area (Å²) in [7, 11) is 3.21. The van der Waals surface area contributed by atoms with Crippen LogP contribution < -0.4 is 9.47 Å². The highest BCUT2D eigenvalue weighted by Crippen LogP contribution is 2.15. The van der Waals surface area contributed by atoms with Crippen LogP contribution in [0.25, 0.3) is 12.2 Å². The summed E-state index contributed by atoms with van der Waals surface area (Å²) in [6.07, 6.45) is 6.47. The van der Waals surface area contributed by atoms with E-state index in [-0.39, 0.29) is 11.6 Å². The summed E-state index contributed by atoms with van der Waals surface area (Å²) in [6, 6.07) is 21.5. The van der Waals surface area contributed by atoms with Gasteiger partial charge in [-0.05, 0) is 53.6 Å². The van der Waals surface area contributed by atoms with Crippen molar-refractivity contribution in [2.45, 2.75) is 0 Å². The van der Waals surface area contributed by atoms with Crippen molar-refractivity contribution < 1.29 is 19.1 Å². The van der Waals surface area contributed by atoms with Crippen LogP contribution in [0.3, 0.4) is 0 Å². The van der Waals surface area contributed by atoms with E-state index in [0.29, 0.717) is 11.1 Å². The van der Waals surface area contributed by atoms with E-state index in [4.69, 9.17) is 9.47 Å². The fourth-order valence-corrected chi connectivity index (χ4v) is 2.79. The highest BCUT2D eigenvalue weighted by Gasteiger charge is 2.07. The maximum Gasteiger partial charge on any atom is 0.185 e. The standard InChI is InChI=1S/C26H22O4/c1-29-23-12-6-19(7-13-23)10-16-25(27)21-4-3-5-22(18-21)26(28)17-11-20-8-14-24(30-2)15-9-20/h3-18H,1-2H3/b16-10-,17-11-. The van der Waals surface area contributed by atoms with E-state index in [0.717, 1.165) is 22.6 Å². The molecule has 0 aliphatic heterocycles. The number of ketones is 2. The monoisotopic (exact) mass is 398 g/mol. The molecule has 0 spiro atoms. The molecule has 0 saturated carbocycles. The minimum absolute atomic E-state index is 0.167. The number of allylic oxidation sites excluding steroid dienone is 2. The van der Waals surface area contributed by atoms with Crippen LogP contribution in [0.15, 0.2) is 84.9 Å². The first-order chi connectivity index (χ1) is 14.6. The molecule has 3 aromatic rings. The van der Waals surface area contributed by atoms with E-state index < -0.39 is 0 Å². The maximum absolute atomic E-state index is 12.5. The van der Waals surface area contributed by atoms with Crippen LogP contribution in [-0.4, -0.2) is 25.8 Å². The van der Waals surface area contributed by atoms with Crippen LogP contribution in [0.4, 0.5) is 0 Å². The van der Waals surface area contributed by atoms with Crippen molar-refractivity contribution in [3.05, 3.63) is 107 Å². The largest absolute Gasteiger partial charge is 0.497 e. The first-order valence-electron chi connectivity index (χ1n) is 9.42. The Kier molecular flexibility index (Phi) is 6.95. The van der Waals surface area contributed by atoms with Crippen molar-refractivity contribution >= 4 is 23.7 Å². The number of hydrogen-bond donors (Lipinski definition) is 0.